The number of aryl methyl sites for hydroxylation is 1. The average molecular weight is 647 g/mol. The number of hydrogen-bond acceptors (Lipinski definition) is 8. The van der Waals surface area contributed by atoms with Crippen molar-refractivity contribution in [2.45, 2.75) is 39.3 Å². The molecule has 0 atom stereocenters. The van der Waals surface area contributed by atoms with Gasteiger partial charge in [0, 0.05) is 18.5 Å². The van der Waals surface area contributed by atoms with Crippen LogP contribution in [0, 0.1) is 0 Å². The number of nitrogens with zero attached hydrogens (tertiary/aromatic N) is 8. The Labute approximate surface area is 277 Å². The normalized spacial score (nSPS) is 10.4. The van der Waals surface area contributed by atoms with E-state index in [0.29, 0.717) is 23.2 Å². The van der Waals surface area contributed by atoms with E-state index in [0.717, 1.165) is 47.3 Å². The Hall–Kier alpha value is -5.52. The van der Waals surface area contributed by atoms with E-state index in [1.165, 1.54) is 17.5 Å². The molecular formula is C35H35ClN10O. The first-order valence-electron chi connectivity index (χ1n) is 15.2. The van der Waals surface area contributed by atoms with Gasteiger partial charge in [0.2, 0.25) is 0 Å². The number of tetrazole rings is 2. The molecule has 0 aliphatic heterocycles. The Morgan fingerprint density at radius 3 is 1.94 bits per heavy atom. The van der Waals surface area contributed by atoms with E-state index in [1.54, 1.807) is 0 Å². The van der Waals surface area contributed by atoms with E-state index in [1.807, 2.05) is 34.9 Å². The summed E-state index contributed by atoms with van der Waals surface area (Å²) < 4.78 is 2.03. The van der Waals surface area contributed by atoms with Crippen molar-refractivity contribution in [3.63, 3.8) is 0 Å². The van der Waals surface area contributed by atoms with Gasteiger partial charge in [0.05, 0.1) is 12.3 Å². The average Bonchev–Trinajstić information content (AvgIpc) is 3.94. The fourth-order valence-corrected chi connectivity index (χ4v) is 5.20. The Bertz CT molecular complexity index is 1820. The molecular weight excluding hydrogens is 612 g/mol. The SMILES string of the molecule is CCCCc1nc(Cl)c(CO)n1Cc1ccc(-c2ccccc2-c2nnn[nH]2)cc1.c1ccc(-c2ccccc2)cc1.c1nnn[nH]1. The molecule has 4 aromatic carbocycles. The van der Waals surface area contributed by atoms with Crippen LogP contribution in [0.3, 0.4) is 0 Å². The number of H-pyrrole nitrogens is 2. The molecule has 12 heteroatoms. The molecule has 0 bridgehead atoms. The van der Waals surface area contributed by atoms with Crippen LogP contribution in [0.25, 0.3) is 33.6 Å². The van der Waals surface area contributed by atoms with E-state index < -0.39 is 0 Å². The number of rotatable bonds is 9. The summed E-state index contributed by atoms with van der Waals surface area (Å²) in [4.78, 5) is 4.47. The Balaban J connectivity index is 0.000000207. The number of aliphatic hydroxyl groups is 1. The summed E-state index contributed by atoms with van der Waals surface area (Å²) in [5.41, 5.74) is 7.39. The van der Waals surface area contributed by atoms with Gasteiger partial charge >= 0.3 is 0 Å². The first-order valence-corrected chi connectivity index (χ1v) is 15.6. The van der Waals surface area contributed by atoms with Crippen LogP contribution < -0.4 is 0 Å². The lowest BCUT2D eigenvalue weighted by atomic mass is 9.98. The maximum Gasteiger partial charge on any atom is 0.180 e. The zero-order valence-corrected chi connectivity index (χ0v) is 26.7. The van der Waals surface area contributed by atoms with Gasteiger partial charge in [-0.05, 0) is 55.1 Å². The van der Waals surface area contributed by atoms with E-state index in [9.17, 15) is 5.11 Å². The lowest BCUT2D eigenvalue weighted by Gasteiger charge is -2.12. The lowest BCUT2D eigenvalue weighted by Crippen LogP contribution is -2.09. The minimum atomic E-state index is -0.130. The number of nitrogens with one attached hydrogen (secondary N) is 2. The maximum atomic E-state index is 9.77. The molecule has 11 nitrogen and oxygen atoms in total. The van der Waals surface area contributed by atoms with Gasteiger partial charge in [0.1, 0.15) is 12.2 Å². The van der Waals surface area contributed by atoms with Gasteiger partial charge in [-0.1, -0.05) is 134 Å². The molecule has 0 unspecified atom stereocenters. The van der Waals surface area contributed by atoms with Crippen molar-refractivity contribution < 1.29 is 5.11 Å². The number of imidazole rings is 1. The molecule has 7 aromatic rings. The van der Waals surface area contributed by atoms with Gasteiger partial charge in [-0.25, -0.2) is 15.2 Å². The third-order valence-electron chi connectivity index (χ3n) is 7.29. The first-order chi connectivity index (χ1) is 23.2. The number of aromatic nitrogens is 10. The van der Waals surface area contributed by atoms with E-state index in [4.69, 9.17) is 11.6 Å². The second kappa shape index (κ2) is 17.2. The van der Waals surface area contributed by atoms with Gasteiger partial charge in [-0.2, -0.15) is 0 Å². The van der Waals surface area contributed by atoms with Crippen molar-refractivity contribution in [2.75, 3.05) is 0 Å². The molecule has 0 aliphatic rings. The van der Waals surface area contributed by atoms with Crippen LogP contribution in [0.2, 0.25) is 5.15 Å². The van der Waals surface area contributed by atoms with Crippen molar-refractivity contribution in [1.29, 1.82) is 0 Å². The van der Waals surface area contributed by atoms with Gasteiger partial charge in [0.15, 0.2) is 11.0 Å². The van der Waals surface area contributed by atoms with Gasteiger partial charge in [-0.15, -0.1) is 10.2 Å². The minimum absolute atomic E-state index is 0.130. The molecule has 0 saturated carbocycles. The summed E-state index contributed by atoms with van der Waals surface area (Å²) in [5.74, 6) is 1.55. The zero-order valence-electron chi connectivity index (χ0n) is 25.9. The highest BCUT2D eigenvalue weighted by Crippen LogP contribution is 2.30. The summed E-state index contributed by atoms with van der Waals surface area (Å²) in [6.45, 7) is 2.63. The molecule has 0 radical (unpaired) electrons. The van der Waals surface area contributed by atoms with Crippen LogP contribution in [0.1, 0.15) is 36.8 Å². The third-order valence-corrected chi connectivity index (χ3v) is 7.59. The number of halogens is 1. The van der Waals surface area contributed by atoms with Gasteiger partial charge in [-0.3, -0.25) is 0 Å². The summed E-state index contributed by atoms with van der Waals surface area (Å²) in [5, 5.41) is 36.5. The smallest absolute Gasteiger partial charge is 0.180 e. The van der Waals surface area contributed by atoms with Gasteiger partial charge in [0.25, 0.3) is 0 Å². The first kappa shape index (κ1) is 32.9. The van der Waals surface area contributed by atoms with Crippen molar-refractivity contribution >= 4 is 11.6 Å². The van der Waals surface area contributed by atoms with Gasteiger partial charge < -0.3 is 9.67 Å². The zero-order chi connectivity index (χ0) is 32.7. The molecule has 3 N–H and O–H groups in total. The highest BCUT2D eigenvalue weighted by molar-refractivity contribution is 6.30. The van der Waals surface area contributed by atoms with Crippen molar-refractivity contribution in [3.8, 4) is 33.6 Å². The number of hydrogen-bond donors (Lipinski definition) is 3. The topological polar surface area (TPSA) is 147 Å². The summed E-state index contributed by atoms with van der Waals surface area (Å²) in [6, 6.07) is 37.1. The predicted octanol–water partition coefficient (Wildman–Crippen LogP) is 6.82. The molecule has 0 saturated heterocycles. The van der Waals surface area contributed by atoms with E-state index in [-0.39, 0.29) is 6.61 Å². The maximum absolute atomic E-state index is 9.77. The summed E-state index contributed by atoms with van der Waals surface area (Å²) in [7, 11) is 0. The van der Waals surface area contributed by atoms with Crippen molar-refractivity contribution in [1.82, 2.24) is 50.8 Å². The van der Waals surface area contributed by atoms with Crippen molar-refractivity contribution in [3.05, 3.63) is 138 Å². The fraction of sp³-hybridized carbons (Fsp3) is 0.171. The molecule has 0 amide bonds. The Morgan fingerprint density at radius 1 is 0.745 bits per heavy atom. The van der Waals surface area contributed by atoms with Crippen LogP contribution in [-0.4, -0.2) is 55.9 Å². The molecule has 3 heterocycles. The number of unbranched alkanes of at least 4 members (excludes halogenated alkanes) is 1. The Morgan fingerprint density at radius 2 is 1.40 bits per heavy atom. The minimum Gasteiger partial charge on any atom is -0.390 e. The monoisotopic (exact) mass is 646 g/mol. The largest absolute Gasteiger partial charge is 0.390 e. The van der Waals surface area contributed by atoms with Crippen LogP contribution in [-0.2, 0) is 19.6 Å². The number of benzene rings is 4. The number of aromatic amines is 2. The van der Waals surface area contributed by atoms with Crippen LogP contribution in [0.15, 0.2) is 116 Å². The lowest BCUT2D eigenvalue weighted by molar-refractivity contribution is 0.271. The number of aliphatic hydroxyl groups excluding tert-OH is 1. The molecule has 47 heavy (non-hydrogen) atoms. The van der Waals surface area contributed by atoms with E-state index in [2.05, 4.69) is 132 Å². The highest BCUT2D eigenvalue weighted by Gasteiger charge is 2.16. The fourth-order valence-electron chi connectivity index (χ4n) is 4.95. The quantitative estimate of drug-likeness (QED) is 0.155. The predicted molar refractivity (Wildman–Crippen MR) is 182 cm³/mol. The summed E-state index contributed by atoms with van der Waals surface area (Å²) in [6.07, 6.45) is 4.35. The molecule has 7 rings (SSSR count). The second-order valence-electron chi connectivity index (χ2n) is 10.4. The van der Waals surface area contributed by atoms with Crippen LogP contribution >= 0.6 is 11.6 Å². The van der Waals surface area contributed by atoms with Crippen molar-refractivity contribution in [2.24, 2.45) is 0 Å². The van der Waals surface area contributed by atoms with Crippen LogP contribution in [0.4, 0.5) is 0 Å². The third kappa shape index (κ3) is 9.03. The molecule has 0 spiro atoms. The van der Waals surface area contributed by atoms with Crippen LogP contribution in [0.5, 0.6) is 0 Å². The Kier molecular flexibility index (Phi) is 12.1. The molecule has 0 fully saturated rings. The molecule has 0 aliphatic carbocycles. The highest BCUT2D eigenvalue weighted by atomic mass is 35.5. The molecule has 3 aromatic heterocycles. The molecule has 238 valence electrons. The second-order valence-corrected chi connectivity index (χ2v) is 10.8. The summed E-state index contributed by atoms with van der Waals surface area (Å²) >= 11 is 6.26. The van der Waals surface area contributed by atoms with E-state index >= 15 is 0 Å². The standard InChI is InChI=1S/C22H23ClN6O.C12H10.CH2N4/c1-2-3-8-20-24-21(23)19(14-30)29(20)13-15-9-11-16(12-10-15)17-6-4-5-7-18(17)22-25-27-28-26-22;1-3-7-11(8-4-1)12-9-5-2-6-10-12;1-2-4-5-3-1/h4-7,9-12,30H,2-3,8,13-14H2,1H3,(H,25,26,27,28);1-10H;1H,(H,2,3,4,5).